The highest BCUT2D eigenvalue weighted by Crippen LogP contribution is 2.61. The van der Waals surface area contributed by atoms with Crippen molar-refractivity contribution in [2.45, 2.75) is 45.4 Å². The molecule has 0 amide bonds. The Morgan fingerprint density at radius 3 is 2.80 bits per heavy atom. The van der Waals surface area contributed by atoms with Crippen LogP contribution >= 0.6 is 0 Å². The van der Waals surface area contributed by atoms with Gasteiger partial charge in [0.15, 0.2) is 0 Å². The first-order valence-corrected chi connectivity index (χ1v) is 8.10. The SMILES string of the molecule is C[C@@]12CCC[C@H]1[C@H]1CC=C3C=C(O)C=C(O)[C@@H]3[C@H]1CC2. The second-order valence-electron chi connectivity index (χ2n) is 7.58. The van der Waals surface area contributed by atoms with E-state index in [-0.39, 0.29) is 11.7 Å². The first kappa shape index (κ1) is 12.6. The highest BCUT2D eigenvalue weighted by Gasteiger charge is 2.52. The molecule has 0 aromatic heterocycles. The van der Waals surface area contributed by atoms with Crippen molar-refractivity contribution in [3.8, 4) is 0 Å². The lowest BCUT2D eigenvalue weighted by Crippen LogP contribution is -2.43. The average Bonchev–Trinajstić information content (AvgIpc) is 2.79. The van der Waals surface area contributed by atoms with Gasteiger partial charge in [0, 0.05) is 12.0 Å². The summed E-state index contributed by atoms with van der Waals surface area (Å²) in [6.07, 6.45) is 13.5. The zero-order chi connectivity index (χ0) is 13.9. The summed E-state index contributed by atoms with van der Waals surface area (Å²) in [7, 11) is 0. The standard InChI is InChI=1S/C18H24O2/c1-18-7-2-3-15(18)13-5-4-11-9-12(19)10-16(20)17(11)14(13)6-8-18/h4,9-10,13-15,17,19-20H,2-3,5-8H2,1H3/t13-,14-,15-,17-,18-/m0/s1. The zero-order valence-electron chi connectivity index (χ0n) is 12.2. The molecule has 0 radical (unpaired) electrons. The molecule has 0 unspecified atom stereocenters. The molecule has 5 atom stereocenters. The van der Waals surface area contributed by atoms with Gasteiger partial charge in [-0.25, -0.2) is 0 Å². The van der Waals surface area contributed by atoms with Crippen molar-refractivity contribution in [2.24, 2.45) is 29.1 Å². The van der Waals surface area contributed by atoms with Crippen LogP contribution in [0.25, 0.3) is 0 Å². The van der Waals surface area contributed by atoms with Crippen molar-refractivity contribution in [1.29, 1.82) is 0 Å². The van der Waals surface area contributed by atoms with Crippen LogP contribution in [0.2, 0.25) is 0 Å². The Bertz CT molecular complexity index is 528. The fourth-order valence-electron chi connectivity index (χ4n) is 5.70. The lowest BCUT2D eigenvalue weighted by Gasteiger charge is -2.51. The number of aliphatic hydroxyl groups excluding tert-OH is 2. The number of aliphatic hydroxyl groups is 2. The van der Waals surface area contributed by atoms with Gasteiger partial charge in [0.1, 0.15) is 11.5 Å². The molecule has 108 valence electrons. The van der Waals surface area contributed by atoms with Gasteiger partial charge in [-0.3, -0.25) is 0 Å². The predicted octanol–water partition coefficient (Wildman–Crippen LogP) is 4.66. The third kappa shape index (κ3) is 1.63. The molecule has 4 aliphatic carbocycles. The number of hydrogen-bond donors (Lipinski definition) is 2. The number of rotatable bonds is 0. The van der Waals surface area contributed by atoms with Gasteiger partial charge in [-0.05, 0) is 66.9 Å². The van der Waals surface area contributed by atoms with Crippen LogP contribution in [0.4, 0.5) is 0 Å². The lowest BCUT2D eigenvalue weighted by molar-refractivity contribution is 0.0153. The van der Waals surface area contributed by atoms with Crippen LogP contribution in [0, 0.1) is 29.1 Å². The van der Waals surface area contributed by atoms with Crippen molar-refractivity contribution in [2.75, 3.05) is 0 Å². The molecule has 4 aliphatic rings. The fourth-order valence-corrected chi connectivity index (χ4v) is 5.70. The summed E-state index contributed by atoms with van der Waals surface area (Å²) < 4.78 is 0. The highest BCUT2D eigenvalue weighted by atomic mass is 16.3. The molecular formula is C18H24O2. The van der Waals surface area contributed by atoms with Gasteiger partial charge >= 0.3 is 0 Å². The van der Waals surface area contributed by atoms with E-state index in [0.717, 1.165) is 23.8 Å². The van der Waals surface area contributed by atoms with E-state index in [9.17, 15) is 10.2 Å². The second-order valence-corrected chi connectivity index (χ2v) is 7.58. The number of hydrogen-bond acceptors (Lipinski definition) is 2. The Balaban J connectivity index is 1.71. The summed E-state index contributed by atoms with van der Waals surface area (Å²) in [5, 5.41) is 20.0. The molecule has 0 bridgehead atoms. The molecule has 2 fully saturated rings. The molecule has 0 aromatic carbocycles. The molecule has 2 heteroatoms. The predicted molar refractivity (Wildman–Crippen MR) is 79.3 cm³/mol. The molecule has 4 rings (SSSR count). The van der Waals surface area contributed by atoms with E-state index in [0.29, 0.717) is 17.1 Å². The summed E-state index contributed by atoms with van der Waals surface area (Å²) in [5.74, 6) is 2.87. The average molecular weight is 272 g/mol. The molecular weight excluding hydrogens is 248 g/mol. The van der Waals surface area contributed by atoms with E-state index in [4.69, 9.17) is 0 Å². The van der Waals surface area contributed by atoms with E-state index >= 15 is 0 Å². The molecule has 0 aliphatic heterocycles. The van der Waals surface area contributed by atoms with Gasteiger partial charge < -0.3 is 10.2 Å². The number of allylic oxidation sites excluding steroid dienone is 4. The fraction of sp³-hybridized carbons (Fsp3) is 0.667. The normalized spacial score (nSPS) is 46.5. The monoisotopic (exact) mass is 272 g/mol. The summed E-state index contributed by atoms with van der Waals surface area (Å²) in [6.45, 7) is 2.49. The highest BCUT2D eigenvalue weighted by molar-refractivity contribution is 5.40. The van der Waals surface area contributed by atoms with E-state index in [1.165, 1.54) is 32.1 Å². The third-order valence-electron chi connectivity index (χ3n) is 6.62. The van der Waals surface area contributed by atoms with Crippen LogP contribution in [0.15, 0.2) is 35.3 Å². The Kier molecular flexibility index (Phi) is 2.61. The van der Waals surface area contributed by atoms with E-state index < -0.39 is 0 Å². The maximum atomic E-state index is 10.3. The minimum absolute atomic E-state index is 0.148. The molecule has 2 nitrogen and oxygen atoms in total. The molecule has 0 spiro atoms. The van der Waals surface area contributed by atoms with Gasteiger partial charge in [-0.15, -0.1) is 0 Å². The van der Waals surface area contributed by atoms with Crippen molar-refractivity contribution in [3.63, 3.8) is 0 Å². The first-order valence-electron chi connectivity index (χ1n) is 8.10. The molecule has 2 N–H and O–H groups in total. The third-order valence-corrected chi connectivity index (χ3v) is 6.62. The van der Waals surface area contributed by atoms with E-state index in [2.05, 4.69) is 13.0 Å². The van der Waals surface area contributed by atoms with Gasteiger partial charge in [-0.1, -0.05) is 19.4 Å². The van der Waals surface area contributed by atoms with Gasteiger partial charge in [0.25, 0.3) is 0 Å². The molecule has 0 saturated heterocycles. The largest absolute Gasteiger partial charge is 0.512 e. The Morgan fingerprint density at radius 2 is 1.95 bits per heavy atom. The molecule has 0 heterocycles. The van der Waals surface area contributed by atoms with Gasteiger partial charge in [-0.2, -0.15) is 0 Å². The van der Waals surface area contributed by atoms with Crippen molar-refractivity contribution < 1.29 is 10.2 Å². The summed E-state index contributed by atoms with van der Waals surface area (Å²) in [5.41, 5.74) is 1.70. The van der Waals surface area contributed by atoms with Crippen molar-refractivity contribution in [3.05, 3.63) is 35.3 Å². The van der Waals surface area contributed by atoms with Crippen molar-refractivity contribution in [1.82, 2.24) is 0 Å². The minimum atomic E-state index is 0.148. The van der Waals surface area contributed by atoms with Gasteiger partial charge in [0.05, 0.1) is 0 Å². The van der Waals surface area contributed by atoms with Crippen molar-refractivity contribution >= 4 is 0 Å². The van der Waals surface area contributed by atoms with Crippen LogP contribution in [-0.4, -0.2) is 10.2 Å². The lowest BCUT2D eigenvalue weighted by atomic mass is 9.54. The molecule has 2 saturated carbocycles. The maximum Gasteiger partial charge on any atom is 0.119 e. The summed E-state index contributed by atoms with van der Waals surface area (Å²) in [6, 6.07) is 0. The van der Waals surface area contributed by atoms with E-state index in [1.54, 1.807) is 6.08 Å². The van der Waals surface area contributed by atoms with Crippen LogP contribution in [0.3, 0.4) is 0 Å². The minimum Gasteiger partial charge on any atom is -0.512 e. The number of fused-ring (bicyclic) bond motifs is 5. The Labute approximate surface area is 120 Å². The second kappa shape index (κ2) is 4.16. The Hall–Kier alpha value is -1.18. The van der Waals surface area contributed by atoms with Gasteiger partial charge in [0.2, 0.25) is 0 Å². The van der Waals surface area contributed by atoms with Crippen LogP contribution in [-0.2, 0) is 0 Å². The maximum absolute atomic E-state index is 10.3. The first-order chi connectivity index (χ1) is 9.58. The zero-order valence-corrected chi connectivity index (χ0v) is 12.2. The summed E-state index contributed by atoms with van der Waals surface area (Å²) >= 11 is 0. The van der Waals surface area contributed by atoms with E-state index in [1.807, 2.05) is 6.08 Å². The van der Waals surface area contributed by atoms with Crippen LogP contribution < -0.4 is 0 Å². The quantitative estimate of drug-likeness (QED) is 0.673. The topological polar surface area (TPSA) is 40.5 Å². The smallest absolute Gasteiger partial charge is 0.119 e. The Morgan fingerprint density at radius 1 is 1.10 bits per heavy atom. The molecule has 0 aromatic rings. The molecule has 20 heavy (non-hydrogen) atoms. The summed E-state index contributed by atoms with van der Waals surface area (Å²) in [4.78, 5) is 0. The van der Waals surface area contributed by atoms with Crippen LogP contribution in [0.1, 0.15) is 45.4 Å². The van der Waals surface area contributed by atoms with Crippen LogP contribution in [0.5, 0.6) is 0 Å².